The molecule has 0 atom stereocenters. The summed E-state index contributed by atoms with van der Waals surface area (Å²) in [6.45, 7) is 8.04. The highest BCUT2D eigenvalue weighted by Crippen LogP contribution is 2.28. The fourth-order valence-electron chi connectivity index (χ4n) is 1.40. The van der Waals surface area contributed by atoms with E-state index in [1.807, 2.05) is 13.8 Å². The number of imidazole rings is 1. The molecule has 0 aliphatic carbocycles. The Kier molecular flexibility index (Phi) is 4.54. The average molecular weight is 282 g/mol. The number of nitrogens with one attached hydrogen (secondary N) is 1. The molecule has 112 valence electrons. The van der Waals surface area contributed by atoms with Crippen molar-refractivity contribution in [3.8, 4) is 0 Å². The number of nitrogens with two attached hydrogens (primary N) is 1. The molecule has 1 aromatic rings. The van der Waals surface area contributed by atoms with E-state index in [2.05, 4.69) is 10.3 Å². The number of hydrogen-bond donors (Lipinski definition) is 3. The molecule has 0 spiro atoms. The maximum Gasteiger partial charge on any atom is 0.356 e. The largest absolute Gasteiger partial charge is 0.476 e. The van der Waals surface area contributed by atoms with Crippen molar-refractivity contribution in [2.24, 2.45) is 11.1 Å². The Bertz CT molecular complexity index is 500. The zero-order valence-electron chi connectivity index (χ0n) is 12.3. The number of amides is 1. The number of carbonyl (C=O) groups is 2. The highest BCUT2D eigenvalue weighted by atomic mass is 16.4. The first kappa shape index (κ1) is 16.2. The van der Waals surface area contributed by atoms with Gasteiger partial charge in [-0.1, -0.05) is 0 Å². The first-order valence-electron chi connectivity index (χ1n) is 6.38. The Hall–Kier alpha value is -1.89. The van der Waals surface area contributed by atoms with Gasteiger partial charge in [-0.15, -0.1) is 0 Å². The molecule has 7 nitrogen and oxygen atoms in total. The molecule has 7 heteroatoms. The van der Waals surface area contributed by atoms with E-state index in [1.54, 1.807) is 18.4 Å². The van der Waals surface area contributed by atoms with Gasteiger partial charge in [0.15, 0.2) is 5.69 Å². The third-order valence-electron chi connectivity index (χ3n) is 3.69. The molecular weight excluding hydrogens is 260 g/mol. The molecule has 0 radical (unpaired) electrons. The summed E-state index contributed by atoms with van der Waals surface area (Å²) in [5.41, 5.74) is 4.64. The number of rotatable bonds is 6. The molecule has 0 unspecified atom stereocenters. The Labute approximate surface area is 118 Å². The van der Waals surface area contributed by atoms with Crippen molar-refractivity contribution in [1.82, 2.24) is 14.9 Å². The summed E-state index contributed by atoms with van der Waals surface area (Å²) in [5.74, 6) is -1.21. The lowest BCUT2D eigenvalue weighted by molar-refractivity contribution is -0.132. The van der Waals surface area contributed by atoms with Gasteiger partial charge >= 0.3 is 5.97 Å². The van der Waals surface area contributed by atoms with Crippen molar-refractivity contribution < 1.29 is 14.7 Å². The molecule has 0 aromatic carbocycles. The number of carboxylic acid groups (broad SMARTS) is 1. The van der Waals surface area contributed by atoms with Crippen molar-refractivity contribution >= 4 is 11.9 Å². The molecule has 0 aliphatic rings. The summed E-state index contributed by atoms with van der Waals surface area (Å²) >= 11 is 0. The van der Waals surface area contributed by atoms with Crippen molar-refractivity contribution in [2.75, 3.05) is 6.54 Å². The van der Waals surface area contributed by atoms with E-state index < -0.39 is 16.9 Å². The number of nitrogens with zero attached hydrogens (tertiary/aromatic N) is 2. The Balaban J connectivity index is 2.52. The first-order chi connectivity index (χ1) is 9.05. The smallest absolute Gasteiger partial charge is 0.356 e. The van der Waals surface area contributed by atoms with Crippen LogP contribution in [0.15, 0.2) is 12.5 Å². The number of aromatic nitrogens is 2. The van der Waals surface area contributed by atoms with Gasteiger partial charge < -0.3 is 20.7 Å². The van der Waals surface area contributed by atoms with Crippen molar-refractivity contribution in [2.45, 2.75) is 39.8 Å². The molecule has 1 rings (SSSR count). The minimum absolute atomic E-state index is 0.0141. The van der Waals surface area contributed by atoms with Gasteiger partial charge in [0.05, 0.1) is 11.7 Å². The fourth-order valence-corrected chi connectivity index (χ4v) is 1.40. The van der Waals surface area contributed by atoms with Crippen LogP contribution in [0.5, 0.6) is 0 Å². The summed E-state index contributed by atoms with van der Waals surface area (Å²) in [5, 5.41) is 11.6. The summed E-state index contributed by atoms with van der Waals surface area (Å²) in [6.07, 6.45) is 2.85. The lowest BCUT2D eigenvalue weighted by Crippen LogP contribution is -2.55. The van der Waals surface area contributed by atoms with E-state index in [0.29, 0.717) is 13.1 Å². The zero-order chi connectivity index (χ0) is 15.6. The normalized spacial score (nSPS) is 12.2. The maximum absolute atomic E-state index is 12.1. The summed E-state index contributed by atoms with van der Waals surface area (Å²) in [4.78, 5) is 26.5. The van der Waals surface area contributed by atoms with Gasteiger partial charge in [-0.05, 0) is 27.7 Å². The molecule has 0 saturated carbocycles. The van der Waals surface area contributed by atoms with Gasteiger partial charge in [0.25, 0.3) is 0 Å². The Morgan fingerprint density at radius 2 is 2.00 bits per heavy atom. The molecule has 0 saturated heterocycles. The second-order valence-corrected chi connectivity index (χ2v) is 5.90. The lowest BCUT2D eigenvalue weighted by Gasteiger charge is -2.36. The number of hydrogen-bond acceptors (Lipinski definition) is 4. The fraction of sp³-hybridized carbons (Fsp3) is 0.615. The van der Waals surface area contributed by atoms with E-state index in [0.717, 1.165) is 0 Å². The lowest BCUT2D eigenvalue weighted by atomic mass is 9.74. The highest BCUT2D eigenvalue weighted by molar-refractivity contribution is 5.85. The van der Waals surface area contributed by atoms with Crippen molar-refractivity contribution in [3.63, 3.8) is 0 Å². The number of carboxylic acids is 1. The molecule has 4 N–H and O–H groups in total. The summed E-state index contributed by atoms with van der Waals surface area (Å²) in [6, 6.07) is 0. The molecule has 1 aromatic heterocycles. The van der Waals surface area contributed by atoms with Crippen LogP contribution < -0.4 is 11.1 Å². The number of aromatic carboxylic acids is 1. The van der Waals surface area contributed by atoms with Crippen LogP contribution >= 0.6 is 0 Å². The second kappa shape index (κ2) is 5.62. The van der Waals surface area contributed by atoms with Crippen molar-refractivity contribution in [1.29, 1.82) is 0 Å². The van der Waals surface area contributed by atoms with E-state index >= 15 is 0 Å². The molecular formula is C13H22N4O3. The molecule has 0 aliphatic heterocycles. The predicted molar refractivity (Wildman–Crippen MR) is 74.2 cm³/mol. The van der Waals surface area contributed by atoms with E-state index in [4.69, 9.17) is 10.8 Å². The monoisotopic (exact) mass is 282 g/mol. The SMILES string of the molecule is CC(C)(N)C(C)(C)C(=O)NCCn1cnc(C(=O)O)c1. The summed E-state index contributed by atoms with van der Waals surface area (Å²) < 4.78 is 1.62. The van der Waals surface area contributed by atoms with Gasteiger partial charge in [-0.3, -0.25) is 4.79 Å². The Morgan fingerprint density at radius 1 is 1.40 bits per heavy atom. The molecule has 1 amide bonds. The van der Waals surface area contributed by atoms with Crippen LogP contribution in [0.1, 0.15) is 38.2 Å². The molecule has 1 heterocycles. The van der Waals surface area contributed by atoms with Crippen LogP contribution in [0.4, 0.5) is 0 Å². The first-order valence-corrected chi connectivity index (χ1v) is 6.38. The van der Waals surface area contributed by atoms with E-state index in [-0.39, 0.29) is 11.6 Å². The second-order valence-electron chi connectivity index (χ2n) is 5.90. The van der Waals surface area contributed by atoms with Crippen LogP contribution in [0.2, 0.25) is 0 Å². The third-order valence-corrected chi connectivity index (χ3v) is 3.69. The van der Waals surface area contributed by atoms with Gasteiger partial charge in [-0.2, -0.15) is 0 Å². The van der Waals surface area contributed by atoms with Gasteiger partial charge in [0, 0.05) is 24.8 Å². The topological polar surface area (TPSA) is 110 Å². The molecule has 0 fully saturated rings. The number of carbonyl (C=O) groups excluding carboxylic acids is 1. The third kappa shape index (κ3) is 3.57. The van der Waals surface area contributed by atoms with Crippen LogP contribution in [-0.4, -0.2) is 38.6 Å². The minimum Gasteiger partial charge on any atom is -0.476 e. The van der Waals surface area contributed by atoms with Crippen LogP contribution in [0, 0.1) is 5.41 Å². The molecule has 20 heavy (non-hydrogen) atoms. The quantitative estimate of drug-likeness (QED) is 0.702. The summed E-state index contributed by atoms with van der Waals surface area (Å²) in [7, 11) is 0. The maximum atomic E-state index is 12.1. The van der Waals surface area contributed by atoms with Crippen LogP contribution in [0.25, 0.3) is 0 Å². The van der Waals surface area contributed by atoms with E-state index in [9.17, 15) is 9.59 Å². The van der Waals surface area contributed by atoms with Crippen LogP contribution in [-0.2, 0) is 11.3 Å². The highest BCUT2D eigenvalue weighted by Gasteiger charge is 2.40. The van der Waals surface area contributed by atoms with Gasteiger partial charge in [0.1, 0.15) is 0 Å². The predicted octanol–water partition coefficient (Wildman–Crippen LogP) is 0.461. The Morgan fingerprint density at radius 3 is 2.45 bits per heavy atom. The standard InChI is InChI=1S/C13H22N4O3/c1-12(2,13(3,4)14)11(20)15-5-6-17-7-9(10(18)19)16-8-17/h7-8H,5-6,14H2,1-4H3,(H,15,20)(H,18,19). The minimum atomic E-state index is -1.07. The van der Waals surface area contributed by atoms with Crippen LogP contribution in [0.3, 0.4) is 0 Å². The van der Waals surface area contributed by atoms with E-state index in [1.165, 1.54) is 12.5 Å². The molecule has 0 bridgehead atoms. The van der Waals surface area contributed by atoms with Crippen molar-refractivity contribution in [3.05, 3.63) is 18.2 Å². The van der Waals surface area contributed by atoms with Gasteiger partial charge in [-0.25, -0.2) is 9.78 Å². The van der Waals surface area contributed by atoms with Gasteiger partial charge in [0.2, 0.25) is 5.91 Å². The average Bonchev–Trinajstić information content (AvgIpc) is 2.76. The zero-order valence-corrected chi connectivity index (χ0v) is 12.3.